The predicted octanol–water partition coefficient (Wildman–Crippen LogP) is 1.76. The lowest BCUT2D eigenvalue weighted by Gasteiger charge is -2.42. The van der Waals surface area contributed by atoms with E-state index in [0.29, 0.717) is 29.5 Å². The molecular formula is C12H12ClN3O2. The molecule has 1 N–H and O–H groups in total. The first-order valence-corrected chi connectivity index (χ1v) is 5.94. The summed E-state index contributed by atoms with van der Waals surface area (Å²) in [5, 5.41) is 18.1. The number of carboxylic acid groups (broad SMARTS) is 1. The maximum absolute atomic E-state index is 10.8. The van der Waals surface area contributed by atoms with Gasteiger partial charge in [-0.3, -0.25) is 4.79 Å². The van der Waals surface area contributed by atoms with Gasteiger partial charge in [0.15, 0.2) is 0 Å². The highest BCUT2D eigenvalue weighted by Crippen LogP contribution is 2.33. The third-order valence-corrected chi connectivity index (χ3v) is 3.67. The summed E-state index contributed by atoms with van der Waals surface area (Å²) >= 11 is 6.06. The second-order valence-electron chi connectivity index (χ2n) is 4.40. The zero-order chi connectivity index (χ0) is 13.3. The van der Waals surface area contributed by atoms with Gasteiger partial charge in [0.25, 0.3) is 0 Å². The summed E-state index contributed by atoms with van der Waals surface area (Å²) in [6.45, 7) is 2.91. The molecule has 18 heavy (non-hydrogen) atoms. The van der Waals surface area contributed by atoms with Gasteiger partial charge in [0.05, 0.1) is 11.5 Å². The monoisotopic (exact) mass is 265 g/mol. The Hall–Kier alpha value is -1.80. The number of carbonyl (C=O) groups is 1. The summed E-state index contributed by atoms with van der Waals surface area (Å²) < 4.78 is 0. The molecule has 1 aromatic rings. The van der Waals surface area contributed by atoms with Crippen LogP contribution in [0.25, 0.3) is 0 Å². The number of nitriles is 1. The second kappa shape index (κ2) is 4.83. The molecule has 1 unspecified atom stereocenters. The van der Waals surface area contributed by atoms with Crippen molar-refractivity contribution in [2.45, 2.75) is 6.92 Å². The number of halogens is 1. The van der Waals surface area contributed by atoms with Gasteiger partial charge in [-0.25, -0.2) is 4.98 Å². The zero-order valence-electron chi connectivity index (χ0n) is 9.80. The fraction of sp³-hybridized carbons (Fsp3) is 0.417. The van der Waals surface area contributed by atoms with Crippen LogP contribution in [0.1, 0.15) is 12.5 Å². The van der Waals surface area contributed by atoms with Gasteiger partial charge in [-0.05, 0) is 6.07 Å². The molecule has 1 aliphatic heterocycles. The Labute approximate surface area is 110 Å². The number of pyridine rings is 1. The summed E-state index contributed by atoms with van der Waals surface area (Å²) in [5.74, 6) is -0.501. The lowest BCUT2D eigenvalue weighted by molar-refractivity contribution is -0.143. The first kappa shape index (κ1) is 12.7. The van der Waals surface area contributed by atoms with Crippen LogP contribution in [0.15, 0.2) is 12.3 Å². The summed E-state index contributed by atoms with van der Waals surface area (Å²) in [6.07, 6.45) is 1.54. The number of hydrogen-bond acceptors (Lipinski definition) is 4. The van der Waals surface area contributed by atoms with Crippen molar-refractivity contribution in [2.75, 3.05) is 18.0 Å². The van der Waals surface area contributed by atoms with E-state index < -0.39 is 5.97 Å². The average Bonchev–Trinajstić information content (AvgIpc) is 2.29. The molecule has 0 bridgehead atoms. The van der Waals surface area contributed by atoms with Gasteiger partial charge in [0.1, 0.15) is 16.9 Å². The number of aromatic nitrogens is 1. The van der Waals surface area contributed by atoms with Crippen molar-refractivity contribution in [3.05, 3.63) is 22.8 Å². The van der Waals surface area contributed by atoms with E-state index in [2.05, 4.69) is 4.98 Å². The Kier molecular flexibility index (Phi) is 3.39. The molecule has 1 aromatic heterocycles. The average molecular weight is 266 g/mol. The van der Waals surface area contributed by atoms with Crippen LogP contribution in [0, 0.1) is 23.2 Å². The summed E-state index contributed by atoms with van der Waals surface area (Å²) in [6, 6.07) is 3.56. The molecule has 1 saturated heterocycles. The van der Waals surface area contributed by atoms with Gasteiger partial charge >= 0.3 is 5.97 Å². The van der Waals surface area contributed by atoms with Crippen LogP contribution in [0.3, 0.4) is 0 Å². The van der Waals surface area contributed by atoms with Gasteiger partial charge in [-0.2, -0.15) is 5.26 Å². The van der Waals surface area contributed by atoms with Crippen LogP contribution in [0.2, 0.25) is 5.02 Å². The first-order chi connectivity index (χ1) is 8.54. The Bertz CT molecular complexity index is 521. The van der Waals surface area contributed by atoms with E-state index in [0.717, 1.165) is 0 Å². The normalized spacial score (nSPS) is 16.8. The van der Waals surface area contributed by atoms with E-state index in [4.69, 9.17) is 22.0 Å². The molecule has 0 amide bonds. The highest BCUT2D eigenvalue weighted by atomic mass is 35.5. The SMILES string of the molecule is CC(C(=O)O)C1CN(c2nccc(C#N)c2Cl)C1. The maximum atomic E-state index is 10.8. The van der Waals surface area contributed by atoms with E-state index >= 15 is 0 Å². The summed E-state index contributed by atoms with van der Waals surface area (Å²) in [5.41, 5.74) is 0.386. The Morgan fingerprint density at radius 1 is 1.72 bits per heavy atom. The van der Waals surface area contributed by atoms with Crippen LogP contribution in [-0.2, 0) is 4.79 Å². The largest absolute Gasteiger partial charge is 0.481 e. The second-order valence-corrected chi connectivity index (χ2v) is 4.78. The fourth-order valence-corrected chi connectivity index (χ4v) is 2.22. The lowest BCUT2D eigenvalue weighted by Crippen LogP contribution is -2.51. The van der Waals surface area contributed by atoms with Crippen LogP contribution >= 0.6 is 11.6 Å². The van der Waals surface area contributed by atoms with Crippen molar-refractivity contribution < 1.29 is 9.90 Å². The molecular weight excluding hydrogens is 254 g/mol. The van der Waals surface area contributed by atoms with Crippen LogP contribution < -0.4 is 4.90 Å². The number of hydrogen-bond donors (Lipinski definition) is 1. The molecule has 1 aliphatic rings. The third-order valence-electron chi connectivity index (χ3n) is 3.30. The topological polar surface area (TPSA) is 77.2 Å². The molecule has 0 aromatic carbocycles. The smallest absolute Gasteiger partial charge is 0.306 e. The molecule has 1 atom stereocenters. The quantitative estimate of drug-likeness (QED) is 0.901. The Morgan fingerprint density at radius 3 is 2.94 bits per heavy atom. The molecule has 94 valence electrons. The van der Waals surface area contributed by atoms with Crippen molar-refractivity contribution in [3.63, 3.8) is 0 Å². The van der Waals surface area contributed by atoms with Gasteiger partial charge in [-0.1, -0.05) is 18.5 Å². The number of anilines is 1. The number of carboxylic acids is 1. The number of rotatable bonds is 3. The standard InChI is InChI=1S/C12H12ClN3O2/c1-7(12(17)18)9-5-16(6-9)11-10(13)8(4-14)2-3-15-11/h2-3,7,9H,5-6H2,1H3,(H,17,18). The maximum Gasteiger partial charge on any atom is 0.306 e. The summed E-state index contributed by atoms with van der Waals surface area (Å²) in [4.78, 5) is 16.9. The van der Waals surface area contributed by atoms with Crippen LogP contribution in [-0.4, -0.2) is 29.1 Å². The third kappa shape index (κ3) is 2.12. The lowest BCUT2D eigenvalue weighted by atomic mass is 9.87. The van der Waals surface area contributed by atoms with E-state index in [1.807, 2.05) is 11.0 Å². The molecule has 5 nitrogen and oxygen atoms in total. The zero-order valence-corrected chi connectivity index (χ0v) is 10.6. The Balaban J connectivity index is 2.09. The van der Waals surface area contributed by atoms with E-state index in [1.54, 1.807) is 13.0 Å². The number of nitrogens with zero attached hydrogens (tertiary/aromatic N) is 3. The molecule has 2 heterocycles. The minimum absolute atomic E-state index is 0.103. The Morgan fingerprint density at radius 2 is 2.39 bits per heavy atom. The highest BCUT2D eigenvalue weighted by Gasteiger charge is 2.36. The summed E-state index contributed by atoms with van der Waals surface area (Å²) in [7, 11) is 0. The molecule has 0 spiro atoms. The van der Waals surface area contributed by atoms with Gasteiger partial charge in [0.2, 0.25) is 0 Å². The van der Waals surface area contributed by atoms with Crippen molar-refractivity contribution >= 4 is 23.4 Å². The molecule has 1 fully saturated rings. The van der Waals surface area contributed by atoms with Gasteiger partial charge in [-0.15, -0.1) is 0 Å². The minimum atomic E-state index is -0.788. The van der Waals surface area contributed by atoms with Crippen LogP contribution in [0.4, 0.5) is 5.82 Å². The van der Waals surface area contributed by atoms with Crippen LogP contribution in [0.5, 0.6) is 0 Å². The van der Waals surface area contributed by atoms with Crippen molar-refractivity contribution in [2.24, 2.45) is 11.8 Å². The van der Waals surface area contributed by atoms with Crippen molar-refractivity contribution in [3.8, 4) is 6.07 Å². The predicted molar refractivity (Wildman–Crippen MR) is 66.5 cm³/mol. The molecule has 6 heteroatoms. The van der Waals surface area contributed by atoms with E-state index in [-0.39, 0.29) is 11.8 Å². The molecule has 0 aliphatic carbocycles. The van der Waals surface area contributed by atoms with E-state index in [1.165, 1.54) is 6.20 Å². The van der Waals surface area contributed by atoms with Crippen molar-refractivity contribution in [1.29, 1.82) is 5.26 Å². The van der Waals surface area contributed by atoms with Gasteiger partial charge in [0, 0.05) is 25.2 Å². The highest BCUT2D eigenvalue weighted by molar-refractivity contribution is 6.34. The van der Waals surface area contributed by atoms with E-state index in [9.17, 15) is 4.79 Å². The fourth-order valence-electron chi connectivity index (χ4n) is 1.94. The minimum Gasteiger partial charge on any atom is -0.481 e. The number of aliphatic carboxylic acids is 1. The van der Waals surface area contributed by atoms with Crippen molar-refractivity contribution in [1.82, 2.24) is 4.98 Å². The molecule has 2 rings (SSSR count). The molecule has 0 radical (unpaired) electrons. The molecule has 0 saturated carbocycles. The first-order valence-electron chi connectivity index (χ1n) is 5.57. The van der Waals surface area contributed by atoms with Gasteiger partial charge < -0.3 is 10.0 Å².